The van der Waals surface area contributed by atoms with Crippen LogP contribution in [0.1, 0.15) is 16.9 Å². The predicted octanol–water partition coefficient (Wildman–Crippen LogP) is 1.03. The van der Waals surface area contributed by atoms with E-state index in [1.807, 2.05) is 30.3 Å². The van der Waals surface area contributed by atoms with Crippen LogP contribution in [0.2, 0.25) is 0 Å². The highest BCUT2D eigenvalue weighted by atomic mass is 16.3. The lowest BCUT2D eigenvalue weighted by Gasteiger charge is -2.12. The van der Waals surface area contributed by atoms with Gasteiger partial charge in [-0.1, -0.05) is 18.2 Å². The second-order valence-electron chi connectivity index (χ2n) is 4.63. The van der Waals surface area contributed by atoms with E-state index in [4.69, 9.17) is 5.11 Å². The van der Waals surface area contributed by atoms with Crippen LogP contribution in [0.3, 0.4) is 0 Å². The molecule has 5 N–H and O–H groups in total. The molecule has 0 bridgehead atoms. The topological polar surface area (TPSA) is 114 Å². The number of carbonyl (C=O) groups is 1. The summed E-state index contributed by atoms with van der Waals surface area (Å²) in [7, 11) is 1.55. The van der Waals surface area contributed by atoms with Gasteiger partial charge in [0.1, 0.15) is 5.69 Å². The SMILES string of the molecule is CNC(=O)c1[nH]cnc1NC(=NCCCO)Nc1ccccc1. The Balaban J connectivity index is 2.16. The zero-order valence-electron chi connectivity index (χ0n) is 12.8. The number of amides is 1. The summed E-state index contributed by atoms with van der Waals surface area (Å²) < 4.78 is 0. The molecule has 0 aliphatic rings. The monoisotopic (exact) mass is 316 g/mol. The van der Waals surface area contributed by atoms with Crippen LogP contribution in [0.15, 0.2) is 41.7 Å². The molecule has 0 spiro atoms. The summed E-state index contributed by atoms with van der Waals surface area (Å²) in [6.07, 6.45) is 1.98. The third-order valence-electron chi connectivity index (χ3n) is 2.95. The number of carbonyl (C=O) groups excluding carboxylic acids is 1. The number of aromatic nitrogens is 2. The second-order valence-corrected chi connectivity index (χ2v) is 4.63. The van der Waals surface area contributed by atoms with E-state index >= 15 is 0 Å². The molecule has 1 aromatic heterocycles. The van der Waals surface area contributed by atoms with Crippen molar-refractivity contribution in [3.63, 3.8) is 0 Å². The number of guanidine groups is 1. The minimum absolute atomic E-state index is 0.0635. The summed E-state index contributed by atoms with van der Waals surface area (Å²) in [6, 6.07) is 9.51. The van der Waals surface area contributed by atoms with E-state index in [1.165, 1.54) is 6.33 Å². The van der Waals surface area contributed by atoms with Gasteiger partial charge in [-0.05, 0) is 18.6 Å². The summed E-state index contributed by atoms with van der Waals surface area (Å²) in [6.45, 7) is 0.506. The number of anilines is 2. The van der Waals surface area contributed by atoms with Crippen LogP contribution in [0.5, 0.6) is 0 Å². The van der Waals surface area contributed by atoms with Gasteiger partial charge in [0.15, 0.2) is 5.82 Å². The summed E-state index contributed by atoms with van der Waals surface area (Å²) in [5, 5.41) is 17.6. The van der Waals surface area contributed by atoms with E-state index in [0.29, 0.717) is 30.4 Å². The Morgan fingerprint density at radius 3 is 2.78 bits per heavy atom. The molecule has 23 heavy (non-hydrogen) atoms. The number of hydrogen-bond donors (Lipinski definition) is 5. The summed E-state index contributed by atoms with van der Waals surface area (Å²) in [5.41, 5.74) is 1.16. The third-order valence-corrected chi connectivity index (χ3v) is 2.95. The maximum absolute atomic E-state index is 11.8. The van der Waals surface area contributed by atoms with Crippen LogP contribution in [0.4, 0.5) is 11.5 Å². The Morgan fingerprint density at radius 2 is 2.09 bits per heavy atom. The molecule has 122 valence electrons. The number of para-hydroxylation sites is 1. The Bertz CT molecular complexity index is 653. The number of aliphatic hydroxyl groups excluding tert-OH is 1. The lowest BCUT2D eigenvalue weighted by atomic mass is 10.3. The molecule has 1 heterocycles. The van der Waals surface area contributed by atoms with Crippen molar-refractivity contribution in [1.82, 2.24) is 15.3 Å². The molecule has 0 aliphatic heterocycles. The van der Waals surface area contributed by atoms with Crippen LogP contribution < -0.4 is 16.0 Å². The van der Waals surface area contributed by atoms with E-state index in [2.05, 4.69) is 30.9 Å². The normalized spacial score (nSPS) is 11.1. The number of nitrogens with zero attached hydrogens (tertiary/aromatic N) is 2. The second kappa shape index (κ2) is 8.54. The largest absolute Gasteiger partial charge is 0.396 e. The number of imidazole rings is 1. The van der Waals surface area contributed by atoms with E-state index in [-0.39, 0.29) is 12.5 Å². The van der Waals surface area contributed by atoms with Crippen LogP contribution in [-0.2, 0) is 0 Å². The van der Waals surface area contributed by atoms with Gasteiger partial charge in [0.05, 0.1) is 6.33 Å². The fraction of sp³-hybridized carbons (Fsp3) is 0.267. The van der Waals surface area contributed by atoms with Gasteiger partial charge in [0, 0.05) is 25.9 Å². The minimum atomic E-state index is -0.278. The fourth-order valence-electron chi connectivity index (χ4n) is 1.83. The Morgan fingerprint density at radius 1 is 1.30 bits per heavy atom. The van der Waals surface area contributed by atoms with Gasteiger partial charge in [-0.25, -0.2) is 4.98 Å². The number of aliphatic imine (C=N–C) groups is 1. The first kappa shape index (κ1) is 16.5. The number of benzene rings is 1. The average Bonchev–Trinajstić information content (AvgIpc) is 3.03. The Kier molecular flexibility index (Phi) is 6.13. The van der Waals surface area contributed by atoms with Crippen molar-refractivity contribution >= 4 is 23.4 Å². The number of aliphatic hydroxyl groups is 1. The first-order valence-corrected chi connectivity index (χ1v) is 7.24. The lowest BCUT2D eigenvalue weighted by molar-refractivity contribution is 0.0959. The number of H-pyrrole nitrogens is 1. The zero-order valence-corrected chi connectivity index (χ0v) is 12.8. The van der Waals surface area contributed by atoms with E-state index in [1.54, 1.807) is 7.05 Å². The summed E-state index contributed by atoms with van der Waals surface area (Å²) in [5.74, 6) is 0.539. The van der Waals surface area contributed by atoms with Crippen molar-refractivity contribution in [1.29, 1.82) is 0 Å². The molecular formula is C15H20N6O2. The van der Waals surface area contributed by atoms with E-state index < -0.39 is 0 Å². The van der Waals surface area contributed by atoms with E-state index in [9.17, 15) is 4.79 Å². The van der Waals surface area contributed by atoms with Crippen LogP contribution in [-0.4, -0.2) is 47.1 Å². The number of rotatable bonds is 6. The molecule has 1 amide bonds. The molecule has 0 saturated heterocycles. The molecule has 8 nitrogen and oxygen atoms in total. The van der Waals surface area contributed by atoms with Gasteiger partial charge in [-0.3, -0.25) is 9.79 Å². The van der Waals surface area contributed by atoms with Gasteiger partial charge >= 0.3 is 0 Å². The highest BCUT2D eigenvalue weighted by molar-refractivity contribution is 6.06. The maximum Gasteiger partial charge on any atom is 0.271 e. The van der Waals surface area contributed by atoms with Crippen LogP contribution in [0, 0.1) is 0 Å². The highest BCUT2D eigenvalue weighted by Gasteiger charge is 2.14. The molecule has 0 saturated carbocycles. The molecule has 1 aromatic carbocycles. The zero-order chi connectivity index (χ0) is 16.5. The number of aromatic amines is 1. The molecule has 2 rings (SSSR count). The van der Waals surface area contributed by atoms with Crippen LogP contribution in [0.25, 0.3) is 0 Å². The van der Waals surface area contributed by atoms with Crippen molar-refractivity contribution in [2.45, 2.75) is 6.42 Å². The fourth-order valence-corrected chi connectivity index (χ4v) is 1.83. The van der Waals surface area contributed by atoms with Gasteiger partial charge < -0.3 is 26.0 Å². The highest BCUT2D eigenvalue weighted by Crippen LogP contribution is 2.11. The third kappa shape index (κ3) is 4.82. The van der Waals surface area contributed by atoms with Crippen molar-refractivity contribution < 1.29 is 9.90 Å². The first-order valence-electron chi connectivity index (χ1n) is 7.24. The molecular weight excluding hydrogens is 296 g/mol. The standard InChI is InChI=1S/C15H20N6O2/c1-16-14(23)12-13(19-10-18-12)21-15(17-8-5-9-22)20-11-6-3-2-4-7-11/h2-4,6-7,10,22H,5,8-9H2,1H3,(H,16,23)(H,18,19)(H2,17,20,21). The minimum Gasteiger partial charge on any atom is -0.396 e. The molecule has 8 heteroatoms. The van der Waals surface area contributed by atoms with Gasteiger partial charge in [0.2, 0.25) is 5.96 Å². The summed E-state index contributed by atoms with van der Waals surface area (Å²) in [4.78, 5) is 23.0. The van der Waals surface area contributed by atoms with Crippen molar-refractivity contribution in [2.75, 3.05) is 30.8 Å². The van der Waals surface area contributed by atoms with E-state index in [0.717, 1.165) is 5.69 Å². The van der Waals surface area contributed by atoms with Crippen molar-refractivity contribution in [3.05, 3.63) is 42.4 Å². The summed E-state index contributed by atoms with van der Waals surface area (Å²) >= 11 is 0. The Hall–Kier alpha value is -2.87. The van der Waals surface area contributed by atoms with Gasteiger partial charge in [-0.15, -0.1) is 0 Å². The molecule has 2 aromatic rings. The first-order chi connectivity index (χ1) is 11.2. The number of nitrogens with one attached hydrogen (secondary N) is 4. The van der Waals surface area contributed by atoms with Crippen LogP contribution >= 0.6 is 0 Å². The molecule has 0 unspecified atom stereocenters. The van der Waals surface area contributed by atoms with Gasteiger partial charge in [-0.2, -0.15) is 0 Å². The van der Waals surface area contributed by atoms with Crippen molar-refractivity contribution in [3.8, 4) is 0 Å². The maximum atomic E-state index is 11.8. The molecule has 0 radical (unpaired) electrons. The van der Waals surface area contributed by atoms with Gasteiger partial charge in [0.25, 0.3) is 5.91 Å². The Labute approximate surface area is 134 Å². The molecule has 0 atom stereocenters. The molecule has 0 aliphatic carbocycles. The number of hydrogen-bond acceptors (Lipinski definition) is 4. The quantitative estimate of drug-likeness (QED) is 0.310. The smallest absolute Gasteiger partial charge is 0.271 e. The molecule has 0 fully saturated rings. The van der Waals surface area contributed by atoms with Crippen molar-refractivity contribution in [2.24, 2.45) is 4.99 Å². The predicted molar refractivity (Wildman–Crippen MR) is 89.7 cm³/mol. The average molecular weight is 316 g/mol. The lowest BCUT2D eigenvalue weighted by Crippen LogP contribution is -2.26.